The number of H-pyrrole nitrogens is 1. The average Bonchev–Trinajstić information content (AvgIpc) is 3.27. The lowest BCUT2D eigenvalue weighted by Gasteiger charge is -2.29. The number of anilines is 1. The van der Waals surface area contributed by atoms with Crippen LogP contribution in [0.25, 0.3) is 11.8 Å². The molecule has 0 saturated heterocycles. The number of hydrogen-bond acceptors (Lipinski definition) is 5. The second-order valence-corrected chi connectivity index (χ2v) is 10.1. The van der Waals surface area contributed by atoms with E-state index in [0.717, 1.165) is 18.2 Å². The van der Waals surface area contributed by atoms with Crippen molar-refractivity contribution in [3.63, 3.8) is 0 Å². The first-order valence-electron chi connectivity index (χ1n) is 13.0. The molecular weight excluding hydrogens is 481 g/mol. The van der Waals surface area contributed by atoms with E-state index in [-0.39, 0.29) is 43.1 Å². The monoisotopic (exact) mass is 512 g/mol. The summed E-state index contributed by atoms with van der Waals surface area (Å²) in [5.41, 5.74) is 1.49. The van der Waals surface area contributed by atoms with Crippen LogP contribution in [0.15, 0.2) is 35.5 Å². The van der Waals surface area contributed by atoms with Crippen molar-refractivity contribution in [2.75, 3.05) is 5.32 Å². The van der Waals surface area contributed by atoms with Crippen LogP contribution in [-0.2, 0) is 0 Å². The van der Waals surface area contributed by atoms with Crippen LogP contribution >= 0.6 is 0 Å². The number of fused-ring (bicyclic) bond motifs is 1. The Kier molecular flexibility index (Phi) is 7.33. The summed E-state index contributed by atoms with van der Waals surface area (Å²) in [5, 5.41) is 14.8. The van der Waals surface area contributed by atoms with Crippen molar-refractivity contribution in [1.82, 2.24) is 9.97 Å². The average molecular weight is 513 g/mol. The molecule has 2 heterocycles. The van der Waals surface area contributed by atoms with Gasteiger partial charge in [0.1, 0.15) is 5.82 Å². The lowest BCUT2D eigenvalue weighted by molar-refractivity contribution is -0.0361. The molecule has 0 aliphatic heterocycles. The molecule has 3 N–H and O–H groups in total. The molecule has 0 aromatic carbocycles. The van der Waals surface area contributed by atoms with E-state index in [9.17, 15) is 18.7 Å². The van der Waals surface area contributed by atoms with Gasteiger partial charge >= 0.3 is 0 Å². The maximum atomic E-state index is 15.1. The topological polar surface area (TPSA) is 90.4 Å². The van der Waals surface area contributed by atoms with Crippen LogP contribution in [0.5, 0.6) is 0 Å². The van der Waals surface area contributed by atoms with Crippen molar-refractivity contribution in [3.05, 3.63) is 58.1 Å². The van der Waals surface area contributed by atoms with Crippen LogP contribution in [0, 0.1) is 5.95 Å². The van der Waals surface area contributed by atoms with Crippen LogP contribution in [0.1, 0.15) is 80.1 Å². The normalized spacial score (nSPS) is 23.2. The summed E-state index contributed by atoms with van der Waals surface area (Å²) in [6.07, 6.45) is 11.5. The zero-order valence-corrected chi connectivity index (χ0v) is 20.6. The quantitative estimate of drug-likeness (QED) is 0.315. The van der Waals surface area contributed by atoms with Gasteiger partial charge in [0, 0.05) is 53.3 Å². The first kappa shape index (κ1) is 25.4. The number of allylic oxidation sites excluding steroid dienone is 1. The second-order valence-electron chi connectivity index (χ2n) is 10.1. The maximum absolute atomic E-state index is 15.1. The SMILES string of the molecule is O=C(c1ccc(NC2CCC(F)(F)CC2)nc1F)c1c[nH]c2c1=C(N=C1CCCC[C@H]1O)CC=CCC=2. The zero-order valence-electron chi connectivity index (χ0n) is 20.6. The molecule has 9 heteroatoms. The number of ketones is 1. The van der Waals surface area contributed by atoms with Crippen LogP contribution < -0.4 is 15.9 Å². The molecule has 0 spiro atoms. The van der Waals surface area contributed by atoms with E-state index in [1.165, 1.54) is 12.1 Å². The molecule has 3 aliphatic rings. The molecule has 196 valence electrons. The van der Waals surface area contributed by atoms with Crippen molar-refractivity contribution in [3.8, 4) is 0 Å². The van der Waals surface area contributed by atoms with Gasteiger partial charge in [0.05, 0.1) is 17.4 Å². The van der Waals surface area contributed by atoms with Crippen molar-refractivity contribution < 1.29 is 23.1 Å². The van der Waals surface area contributed by atoms with E-state index >= 15 is 4.39 Å². The van der Waals surface area contributed by atoms with Gasteiger partial charge in [-0.15, -0.1) is 0 Å². The number of pyridine rings is 1. The second kappa shape index (κ2) is 10.7. The van der Waals surface area contributed by atoms with Gasteiger partial charge in [-0.05, 0) is 50.7 Å². The molecule has 1 atom stereocenters. The molecule has 5 rings (SSSR count). The largest absolute Gasteiger partial charge is 0.387 e. The zero-order chi connectivity index (χ0) is 26.0. The van der Waals surface area contributed by atoms with E-state index in [1.807, 2.05) is 18.2 Å². The molecule has 2 fully saturated rings. The molecule has 2 aromatic rings. The number of aliphatic hydroxyl groups is 1. The summed E-state index contributed by atoms with van der Waals surface area (Å²) < 4.78 is 41.9. The smallest absolute Gasteiger partial charge is 0.248 e. The van der Waals surface area contributed by atoms with Gasteiger partial charge in [-0.3, -0.25) is 9.79 Å². The van der Waals surface area contributed by atoms with E-state index in [1.54, 1.807) is 6.20 Å². The van der Waals surface area contributed by atoms with Crippen LogP contribution in [-0.4, -0.2) is 44.6 Å². The summed E-state index contributed by atoms with van der Waals surface area (Å²) in [5.74, 6) is -3.87. The molecule has 0 radical (unpaired) electrons. The summed E-state index contributed by atoms with van der Waals surface area (Å²) in [6, 6.07) is 2.68. The van der Waals surface area contributed by atoms with E-state index in [0.29, 0.717) is 47.9 Å². The van der Waals surface area contributed by atoms with E-state index in [4.69, 9.17) is 4.99 Å². The first-order chi connectivity index (χ1) is 17.8. The number of halogens is 3. The van der Waals surface area contributed by atoms with E-state index in [2.05, 4.69) is 15.3 Å². The highest BCUT2D eigenvalue weighted by Gasteiger charge is 2.35. The number of carbonyl (C=O) groups is 1. The third kappa shape index (κ3) is 5.71. The number of nitrogens with zero attached hydrogens (tertiary/aromatic N) is 2. The Bertz CT molecular complexity index is 1350. The number of aromatic nitrogens is 2. The highest BCUT2D eigenvalue weighted by atomic mass is 19.3. The van der Waals surface area contributed by atoms with Crippen molar-refractivity contribution in [1.29, 1.82) is 0 Å². The molecule has 2 aromatic heterocycles. The standard InChI is InChI=1S/C28H31F3N4O2/c29-27-18(10-11-24(35-27)33-17-12-14-28(30,31)15-13-17)26(37)19-16-32-21-7-2-1-3-8-22(25(19)21)34-20-6-4-5-9-23(20)36/h1,3,7,10-11,16-17,23,32,36H,2,4-6,8-9,12-15H2,(H,33,35)/t23-/m1/s1. The molecule has 0 bridgehead atoms. The first-order valence-corrected chi connectivity index (χ1v) is 13.0. The number of rotatable bonds is 5. The number of aliphatic hydroxyl groups excluding tert-OH is 1. The number of alkyl halides is 2. The van der Waals surface area contributed by atoms with Gasteiger partial charge in [-0.1, -0.05) is 24.6 Å². The fourth-order valence-electron chi connectivity index (χ4n) is 5.27. The fraction of sp³-hybridized carbons (Fsp3) is 0.464. The summed E-state index contributed by atoms with van der Waals surface area (Å²) >= 11 is 0. The minimum absolute atomic E-state index is 0.176. The van der Waals surface area contributed by atoms with Crippen molar-refractivity contribution >= 4 is 29.1 Å². The lowest BCUT2D eigenvalue weighted by Crippen LogP contribution is -2.32. The number of hydrogen-bond donors (Lipinski definition) is 3. The predicted octanol–water partition coefficient (Wildman–Crippen LogP) is 4.38. The molecule has 0 amide bonds. The van der Waals surface area contributed by atoms with Crippen LogP contribution in [0.2, 0.25) is 0 Å². The molecular formula is C28H31F3N4O2. The van der Waals surface area contributed by atoms with Gasteiger partial charge in [-0.2, -0.15) is 4.39 Å². The Morgan fingerprint density at radius 1 is 1.14 bits per heavy atom. The molecule has 0 unspecified atom stereocenters. The van der Waals surface area contributed by atoms with Crippen molar-refractivity contribution in [2.24, 2.45) is 4.99 Å². The van der Waals surface area contributed by atoms with Gasteiger partial charge in [0.25, 0.3) is 0 Å². The Morgan fingerprint density at radius 3 is 2.70 bits per heavy atom. The highest BCUT2D eigenvalue weighted by molar-refractivity contribution is 6.09. The fourth-order valence-corrected chi connectivity index (χ4v) is 5.27. The minimum Gasteiger partial charge on any atom is -0.387 e. The molecule has 2 saturated carbocycles. The number of aliphatic imine (C=N–C) groups is 1. The van der Waals surface area contributed by atoms with Crippen LogP contribution in [0.4, 0.5) is 19.0 Å². The number of aromatic amines is 1. The minimum atomic E-state index is -2.65. The third-order valence-electron chi connectivity index (χ3n) is 7.37. The third-order valence-corrected chi connectivity index (χ3v) is 7.37. The molecule has 6 nitrogen and oxygen atoms in total. The lowest BCUT2D eigenvalue weighted by atomic mass is 9.92. The Hall–Kier alpha value is -3.20. The molecule has 3 aliphatic carbocycles. The van der Waals surface area contributed by atoms with Gasteiger partial charge < -0.3 is 15.4 Å². The summed E-state index contributed by atoms with van der Waals surface area (Å²) in [6.45, 7) is 0. The maximum Gasteiger partial charge on any atom is 0.248 e. The van der Waals surface area contributed by atoms with Gasteiger partial charge in [0.2, 0.25) is 11.9 Å². The highest BCUT2D eigenvalue weighted by Crippen LogP contribution is 2.34. The van der Waals surface area contributed by atoms with Gasteiger partial charge in [-0.25, -0.2) is 13.8 Å². The van der Waals surface area contributed by atoms with Crippen molar-refractivity contribution in [2.45, 2.75) is 82.3 Å². The number of carbonyl (C=O) groups excluding carboxylic acids is 1. The van der Waals surface area contributed by atoms with Crippen LogP contribution in [0.3, 0.4) is 0 Å². The Balaban J connectivity index is 1.47. The Morgan fingerprint density at radius 2 is 1.95 bits per heavy atom. The van der Waals surface area contributed by atoms with E-state index < -0.39 is 23.8 Å². The Labute approximate surface area is 213 Å². The summed E-state index contributed by atoms with van der Waals surface area (Å²) in [7, 11) is 0. The summed E-state index contributed by atoms with van der Waals surface area (Å²) in [4.78, 5) is 25.4. The number of nitrogens with one attached hydrogen (secondary N) is 2. The van der Waals surface area contributed by atoms with Gasteiger partial charge in [0.15, 0.2) is 5.78 Å². The predicted molar refractivity (Wildman–Crippen MR) is 137 cm³/mol. The molecule has 37 heavy (non-hydrogen) atoms.